The number of rotatable bonds is 6. The van der Waals surface area contributed by atoms with E-state index >= 15 is 0 Å². The van der Waals surface area contributed by atoms with Crippen LogP contribution in [0.4, 0.5) is 0 Å². The molecule has 0 aliphatic heterocycles. The van der Waals surface area contributed by atoms with Crippen LogP contribution in [-0.2, 0) is 0 Å². The fraction of sp³-hybridized carbons (Fsp3) is 0.600. The molecule has 2 nitrogen and oxygen atoms in total. The van der Waals surface area contributed by atoms with Crippen molar-refractivity contribution in [2.45, 2.75) is 40.2 Å². The zero-order valence-corrected chi connectivity index (χ0v) is 11.7. The molecule has 1 atom stereocenters. The molecule has 96 valence electrons. The van der Waals surface area contributed by atoms with Crippen molar-refractivity contribution in [2.75, 3.05) is 13.7 Å². The summed E-state index contributed by atoms with van der Waals surface area (Å²) in [6, 6.07) is 6.90. The number of hydrogen-bond acceptors (Lipinski definition) is 2. The molecule has 0 heterocycles. The van der Waals surface area contributed by atoms with Crippen LogP contribution in [0, 0.1) is 12.8 Å². The van der Waals surface area contributed by atoms with Gasteiger partial charge in [-0.3, -0.25) is 0 Å². The molecule has 1 aromatic rings. The van der Waals surface area contributed by atoms with Crippen LogP contribution >= 0.6 is 0 Å². The molecule has 0 spiro atoms. The van der Waals surface area contributed by atoms with Crippen LogP contribution < -0.4 is 10.1 Å². The molecule has 0 saturated heterocycles. The van der Waals surface area contributed by atoms with Gasteiger partial charge < -0.3 is 10.1 Å². The summed E-state index contributed by atoms with van der Waals surface area (Å²) in [6.07, 6.45) is 1.16. The third-order valence-corrected chi connectivity index (χ3v) is 3.07. The number of hydrogen-bond donors (Lipinski definition) is 1. The fourth-order valence-electron chi connectivity index (χ4n) is 2.07. The van der Waals surface area contributed by atoms with Crippen LogP contribution in [0.3, 0.4) is 0 Å². The lowest BCUT2D eigenvalue weighted by Crippen LogP contribution is -2.26. The summed E-state index contributed by atoms with van der Waals surface area (Å²) in [5, 5.41) is 3.60. The van der Waals surface area contributed by atoms with Crippen molar-refractivity contribution in [2.24, 2.45) is 5.92 Å². The van der Waals surface area contributed by atoms with Crippen LogP contribution in [0.15, 0.2) is 18.2 Å². The number of methoxy groups -OCH3 is 1. The highest BCUT2D eigenvalue weighted by molar-refractivity contribution is 5.38. The minimum atomic E-state index is 0.407. The predicted octanol–water partition coefficient (Wildman–Crippen LogP) is 3.70. The molecule has 0 radical (unpaired) electrons. The normalized spacial score (nSPS) is 12.8. The standard InChI is InChI=1S/C15H25NO/c1-6-9-16-15(11(2)3)13-8-7-12(4)14(10-13)17-5/h7-8,10-11,15-16H,6,9H2,1-5H3. The maximum Gasteiger partial charge on any atom is 0.122 e. The summed E-state index contributed by atoms with van der Waals surface area (Å²) in [7, 11) is 1.73. The van der Waals surface area contributed by atoms with Crippen molar-refractivity contribution < 1.29 is 4.74 Å². The van der Waals surface area contributed by atoms with Gasteiger partial charge in [-0.05, 0) is 43.0 Å². The summed E-state index contributed by atoms with van der Waals surface area (Å²) in [5.41, 5.74) is 2.50. The molecule has 0 aromatic heterocycles. The first-order valence-corrected chi connectivity index (χ1v) is 6.48. The first-order valence-electron chi connectivity index (χ1n) is 6.48. The Morgan fingerprint density at radius 1 is 1.29 bits per heavy atom. The highest BCUT2D eigenvalue weighted by Crippen LogP contribution is 2.27. The Morgan fingerprint density at radius 2 is 2.00 bits per heavy atom. The van der Waals surface area contributed by atoms with Gasteiger partial charge in [-0.25, -0.2) is 0 Å². The van der Waals surface area contributed by atoms with E-state index in [0.29, 0.717) is 12.0 Å². The van der Waals surface area contributed by atoms with Crippen molar-refractivity contribution in [3.8, 4) is 5.75 Å². The van der Waals surface area contributed by atoms with E-state index in [4.69, 9.17) is 4.74 Å². The highest BCUT2D eigenvalue weighted by atomic mass is 16.5. The van der Waals surface area contributed by atoms with Gasteiger partial charge in [0.15, 0.2) is 0 Å². The van der Waals surface area contributed by atoms with Crippen LogP contribution in [0.25, 0.3) is 0 Å². The quantitative estimate of drug-likeness (QED) is 0.811. The molecule has 0 aliphatic rings. The van der Waals surface area contributed by atoms with Gasteiger partial charge in [0, 0.05) is 6.04 Å². The topological polar surface area (TPSA) is 21.3 Å². The Hall–Kier alpha value is -1.02. The van der Waals surface area contributed by atoms with Gasteiger partial charge in [0.1, 0.15) is 5.75 Å². The molecule has 1 aromatic carbocycles. The van der Waals surface area contributed by atoms with Crippen molar-refractivity contribution >= 4 is 0 Å². The lowest BCUT2D eigenvalue weighted by atomic mass is 9.95. The van der Waals surface area contributed by atoms with Crippen LogP contribution in [0.1, 0.15) is 44.4 Å². The van der Waals surface area contributed by atoms with E-state index in [-0.39, 0.29) is 0 Å². The number of nitrogens with one attached hydrogen (secondary N) is 1. The van der Waals surface area contributed by atoms with E-state index in [2.05, 4.69) is 51.2 Å². The fourth-order valence-corrected chi connectivity index (χ4v) is 2.07. The molecular weight excluding hydrogens is 210 g/mol. The molecule has 0 fully saturated rings. The van der Waals surface area contributed by atoms with Gasteiger partial charge in [0.25, 0.3) is 0 Å². The first kappa shape index (κ1) is 14.0. The second kappa shape index (κ2) is 6.65. The molecule has 0 saturated carbocycles. The molecular formula is C15H25NO. The first-order chi connectivity index (χ1) is 8.10. The third-order valence-electron chi connectivity index (χ3n) is 3.07. The Labute approximate surface area is 105 Å². The van der Waals surface area contributed by atoms with Crippen LogP contribution in [0.2, 0.25) is 0 Å². The molecule has 0 aliphatic carbocycles. The Kier molecular flexibility index (Phi) is 5.49. The lowest BCUT2D eigenvalue weighted by molar-refractivity contribution is 0.397. The summed E-state index contributed by atoms with van der Waals surface area (Å²) in [5.74, 6) is 1.56. The van der Waals surface area contributed by atoms with Gasteiger partial charge >= 0.3 is 0 Å². The van der Waals surface area contributed by atoms with Gasteiger partial charge in [-0.15, -0.1) is 0 Å². The predicted molar refractivity (Wildman–Crippen MR) is 73.6 cm³/mol. The smallest absolute Gasteiger partial charge is 0.122 e. The average molecular weight is 235 g/mol. The summed E-state index contributed by atoms with van der Waals surface area (Å²) >= 11 is 0. The van der Waals surface area contributed by atoms with E-state index in [1.807, 2.05) is 0 Å². The van der Waals surface area contributed by atoms with E-state index in [0.717, 1.165) is 18.7 Å². The van der Waals surface area contributed by atoms with E-state index in [1.54, 1.807) is 7.11 Å². The second-order valence-corrected chi connectivity index (χ2v) is 4.90. The number of benzene rings is 1. The van der Waals surface area contributed by atoms with Crippen LogP contribution in [-0.4, -0.2) is 13.7 Å². The zero-order valence-electron chi connectivity index (χ0n) is 11.7. The van der Waals surface area contributed by atoms with Crippen molar-refractivity contribution in [1.82, 2.24) is 5.32 Å². The zero-order chi connectivity index (χ0) is 12.8. The Bertz CT molecular complexity index is 347. The van der Waals surface area contributed by atoms with Gasteiger partial charge in [-0.1, -0.05) is 32.9 Å². The van der Waals surface area contributed by atoms with E-state index < -0.39 is 0 Å². The molecule has 1 N–H and O–H groups in total. The van der Waals surface area contributed by atoms with Crippen molar-refractivity contribution in [3.63, 3.8) is 0 Å². The Morgan fingerprint density at radius 3 is 2.53 bits per heavy atom. The minimum Gasteiger partial charge on any atom is -0.496 e. The van der Waals surface area contributed by atoms with Gasteiger partial charge in [0.05, 0.1) is 7.11 Å². The summed E-state index contributed by atoms with van der Waals surface area (Å²) < 4.78 is 5.39. The molecule has 0 amide bonds. The Balaban J connectivity index is 2.93. The van der Waals surface area contributed by atoms with E-state index in [1.165, 1.54) is 11.1 Å². The maximum atomic E-state index is 5.39. The molecule has 1 unspecified atom stereocenters. The van der Waals surface area contributed by atoms with E-state index in [9.17, 15) is 0 Å². The van der Waals surface area contributed by atoms with Crippen molar-refractivity contribution in [3.05, 3.63) is 29.3 Å². The molecule has 2 heteroatoms. The van der Waals surface area contributed by atoms with Crippen molar-refractivity contribution in [1.29, 1.82) is 0 Å². The molecule has 1 rings (SSSR count). The van der Waals surface area contributed by atoms with Gasteiger partial charge in [0.2, 0.25) is 0 Å². The third kappa shape index (κ3) is 3.74. The maximum absolute atomic E-state index is 5.39. The summed E-state index contributed by atoms with van der Waals surface area (Å²) in [4.78, 5) is 0. The largest absolute Gasteiger partial charge is 0.496 e. The SMILES string of the molecule is CCCNC(c1ccc(C)c(OC)c1)C(C)C. The van der Waals surface area contributed by atoms with Crippen LogP contribution in [0.5, 0.6) is 5.75 Å². The second-order valence-electron chi connectivity index (χ2n) is 4.90. The number of aryl methyl sites for hydroxylation is 1. The molecule has 0 bridgehead atoms. The minimum absolute atomic E-state index is 0.407. The monoisotopic (exact) mass is 235 g/mol. The highest BCUT2D eigenvalue weighted by Gasteiger charge is 2.15. The van der Waals surface area contributed by atoms with Gasteiger partial charge in [-0.2, -0.15) is 0 Å². The molecule has 17 heavy (non-hydrogen) atoms. The lowest BCUT2D eigenvalue weighted by Gasteiger charge is -2.23. The number of ether oxygens (including phenoxy) is 1. The summed E-state index contributed by atoms with van der Waals surface area (Å²) in [6.45, 7) is 9.82. The average Bonchev–Trinajstić information content (AvgIpc) is 2.31.